The van der Waals surface area contributed by atoms with Crippen LogP contribution in [0.1, 0.15) is 27.9 Å². The van der Waals surface area contributed by atoms with Crippen molar-refractivity contribution < 1.29 is 4.79 Å². The first kappa shape index (κ1) is 15.8. The Balaban J connectivity index is 1.90. The highest BCUT2D eigenvalue weighted by molar-refractivity contribution is 9.10. The van der Waals surface area contributed by atoms with Gasteiger partial charge < -0.3 is 4.90 Å². The number of carbonyl (C=O) groups excluding carboxylic acids is 1. The van der Waals surface area contributed by atoms with E-state index in [0.29, 0.717) is 0 Å². The third kappa shape index (κ3) is 4.43. The molecule has 0 fully saturated rings. The van der Waals surface area contributed by atoms with Crippen LogP contribution in [0.3, 0.4) is 0 Å². The number of hydrogen-bond acceptors (Lipinski definition) is 1. The van der Waals surface area contributed by atoms with E-state index in [0.717, 1.165) is 35.0 Å². The standard InChI is InChI=1S/C18H20BrNO/c1-14-10-11-16(17(19)13-14)18(21)20(2)12-6-9-15-7-4-3-5-8-15/h3-5,7-8,10-11,13H,6,9,12H2,1-2H3. The van der Waals surface area contributed by atoms with Gasteiger partial charge in [-0.05, 0) is 59.0 Å². The summed E-state index contributed by atoms with van der Waals surface area (Å²) in [5, 5.41) is 0. The third-order valence-electron chi connectivity index (χ3n) is 3.50. The van der Waals surface area contributed by atoms with Crippen LogP contribution in [0.4, 0.5) is 0 Å². The van der Waals surface area contributed by atoms with Crippen LogP contribution in [0.5, 0.6) is 0 Å². The number of rotatable bonds is 5. The summed E-state index contributed by atoms with van der Waals surface area (Å²) in [4.78, 5) is 14.2. The Labute approximate surface area is 134 Å². The lowest BCUT2D eigenvalue weighted by atomic mass is 10.1. The summed E-state index contributed by atoms with van der Waals surface area (Å²) in [5.41, 5.74) is 3.18. The zero-order valence-corrected chi connectivity index (χ0v) is 14.1. The average Bonchev–Trinajstić information content (AvgIpc) is 2.47. The molecular weight excluding hydrogens is 326 g/mol. The molecule has 2 aromatic rings. The fourth-order valence-corrected chi connectivity index (χ4v) is 2.93. The molecule has 2 nitrogen and oxygen atoms in total. The number of aryl methyl sites for hydroxylation is 2. The van der Waals surface area contributed by atoms with Gasteiger partial charge in [0.2, 0.25) is 0 Å². The van der Waals surface area contributed by atoms with Crippen molar-refractivity contribution in [2.24, 2.45) is 0 Å². The van der Waals surface area contributed by atoms with Crippen LogP contribution in [-0.2, 0) is 6.42 Å². The van der Waals surface area contributed by atoms with Crippen LogP contribution in [0, 0.1) is 6.92 Å². The Morgan fingerprint density at radius 3 is 2.52 bits per heavy atom. The zero-order chi connectivity index (χ0) is 15.2. The van der Waals surface area contributed by atoms with Crippen molar-refractivity contribution in [2.45, 2.75) is 19.8 Å². The average molecular weight is 346 g/mol. The summed E-state index contributed by atoms with van der Waals surface area (Å²) < 4.78 is 0.863. The maximum absolute atomic E-state index is 12.4. The van der Waals surface area contributed by atoms with Crippen molar-refractivity contribution in [3.05, 3.63) is 69.7 Å². The van der Waals surface area contributed by atoms with Crippen LogP contribution < -0.4 is 0 Å². The molecule has 1 amide bonds. The van der Waals surface area contributed by atoms with Crippen LogP contribution in [0.25, 0.3) is 0 Å². The third-order valence-corrected chi connectivity index (χ3v) is 4.16. The maximum atomic E-state index is 12.4. The molecule has 0 saturated carbocycles. The molecule has 0 spiro atoms. The van der Waals surface area contributed by atoms with Gasteiger partial charge >= 0.3 is 0 Å². The Kier molecular flexibility index (Phi) is 5.57. The molecule has 0 aromatic heterocycles. The molecule has 2 aromatic carbocycles. The summed E-state index contributed by atoms with van der Waals surface area (Å²) in [6, 6.07) is 16.2. The lowest BCUT2D eigenvalue weighted by molar-refractivity contribution is 0.0792. The first-order valence-electron chi connectivity index (χ1n) is 7.13. The van der Waals surface area contributed by atoms with Crippen molar-refractivity contribution in [3.63, 3.8) is 0 Å². The van der Waals surface area contributed by atoms with Gasteiger partial charge in [-0.3, -0.25) is 4.79 Å². The summed E-state index contributed by atoms with van der Waals surface area (Å²) in [6.45, 7) is 2.77. The van der Waals surface area contributed by atoms with E-state index in [-0.39, 0.29) is 5.91 Å². The molecule has 0 atom stereocenters. The van der Waals surface area contributed by atoms with Gasteiger partial charge in [-0.15, -0.1) is 0 Å². The highest BCUT2D eigenvalue weighted by Crippen LogP contribution is 2.20. The minimum Gasteiger partial charge on any atom is -0.342 e. The number of benzene rings is 2. The number of nitrogens with zero attached hydrogens (tertiary/aromatic N) is 1. The van der Waals surface area contributed by atoms with Crippen LogP contribution in [-0.4, -0.2) is 24.4 Å². The van der Waals surface area contributed by atoms with E-state index in [9.17, 15) is 4.79 Å². The van der Waals surface area contributed by atoms with E-state index in [2.05, 4.69) is 28.1 Å². The monoisotopic (exact) mass is 345 g/mol. The highest BCUT2D eigenvalue weighted by Gasteiger charge is 2.14. The topological polar surface area (TPSA) is 20.3 Å². The van der Waals surface area contributed by atoms with Gasteiger partial charge in [0.25, 0.3) is 5.91 Å². The van der Waals surface area contributed by atoms with Crippen LogP contribution in [0.15, 0.2) is 53.0 Å². The van der Waals surface area contributed by atoms with E-state index >= 15 is 0 Å². The molecule has 0 radical (unpaired) electrons. The predicted octanol–water partition coefficient (Wildman–Crippen LogP) is 4.46. The van der Waals surface area contributed by atoms with Crippen molar-refractivity contribution in [1.82, 2.24) is 4.90 Å². The normalized spacial score (nSPS) is 10.4. The minimum absolute atomic E-state index is 0.0648. The second kappa shape index (κ2) is 7.41. The largest absolute Gasteiger partial charge is 0.342 e. The molecule has 0 aliphatic rings. The molecule has 0 aliphatic heterocycles. The molecule has 0 aliphatic carbocycles. The number of hydrogen-bond donors (Lipinski definition) is 0. The van der Waals surface area contributed by atoms with Crippen molar-refractivity contribution in [1.29, 1.82) is 0 Å². The Bertz CT molecular complexity index is 610. The number of amides is 1. The first-order valence-corrected chi connectivity index (χ1v) is 7.93. The van der Waals surface area contributed by atoms with Gasteiger partial charge in [0.1, 0.15) is 0 Å². The quantitative estimate of drug-likeness (QED) is 0.783. The van der Waals surface area contributed by atoms with E-state index in [4.69, 9.17) is 0 Å². The van der Waals surface area contributed by atoms with Crippen LogP contribution >= 0.6 is 15.9 Å². The van der Waals surface area contributed by atoms with Crippen molar-refractivity contribution in [3.8, 4) is 0 Å². The minimum atomic E-state index is 0.0648. The van der Waals surface area contributed by atoms with Gasteiger partial charge in [0.05, 0.1) is 5.56 Å². The van der Waals surface area contributed by atoms with Crippen molar-refractivity contribution in [2.75, 3.05) is 13.6 Å². The molecule has 0 saturated heterocycles. The van der Waals surface area contributed by atoms with E-state index < -0.39 is 0 Å². The number of halogens is 1. The fraction of sp³-hybridized carbons (Fsp3) is 0.278. The molecule has 0 unspecified atom stereocenters. The Hall–Kier alpha value is -1.61. The summed E-state index contributed by atoms with van der Waals surface area (Å²) in [6.07, 6.45) is 1.96. The molecule has 2 rings (SSSR count). The fourth-order valence-electron chi connectivity index (χ4n) is 2.27. The van der Waals surface area contributed by atoms with Gasteiger partial charge in [-0.25, -0.2) is 0 Å². The molecule has 0 bridgehead atoms. The smallest absolute Gasteiger partial charge is 0.254 e. The van der Waals surface area contributed by atoms with Gasteiger partial charge in [-0.2, -0.15) is 0 Å². The molecule has 3 heteroatoms. The van der Waals surface area contributed by atoms with Crippen LogP contribution in [0.2, 0.25) is 0 Å². The van der Waals surface area contributed by atoms with E-state index in [1.54, 1.807) is 4.90 Å². The van der Waals surface area contributed by atoms with Gasteiger partial charge in [0, 0.05) is 18.1 Å². The maximum Gasteiger partial charge on any atom is 0.254 e. The SMILES string of the molecule is Cc1ccc(C(=O)N(C)CCCc2ccccc2)c(Br)c1. The lowest BCUT2D eigenvalue weighted by Gasteiger charge is -2.18. The molecule has 0 N–H and O–H groups in total. The zero-order valence-electron chi connectivity index (χ0n) is 12.5. The molecular formula is C18H20BrNO. The van der Waals surface area contributed by atoms with Gasteiger partial charge in [0.15, 0.2) is 0 Å². The predicted molar refractivity (Wildman–Crippen MR) is 90.6 cm³/mol. The Morgan fingerprint density at radius 2 is 1.86 bits per heavy atom. The first-order chi connectivity index (χ1) is 10.1. The molecule has 0 heterocycles. The van der Waals surface area contributed by atoms with E-state index in [1.165, 1.54) is 5.56 Å². The summed E-state index contributed by atoms with van der Waals surface area (Å²) >= 11 is 3.47. The summed E-state index contributed by atoms with van der Waals surface area (Å²) in [5.74, 6) is 0.0648. The van der Waals surface area contributed by atoms with Gasteiger partial charge in [-0.1, -0.05) is 36.4 Å². The van der Waals surface area contributed by atoms with Crippen molar-refractivity contribution >= 4 is 21.8 Å². The Morgan fingerprint density at radius 1 is 1.14 bits per heavy atom. The van der Waals surface area contributed by atoms with E-state index in [1.807, 2.05) is 50.4 Å². The molecule has 110 valence electrons. The second-order valence-electron chi connectivity index (χ2n) is 5.30. The second-order valence-corrected chi connectivity index (χ2v) is 6.15. The molecule has 21 heavy (non-hydrogen) atoms. The lowest BCUT2D eigenvalue weighted by Crippen LogP contribution is -2.28. The number of carbonyl (C=O) groups is 1. The highest BCUT2D eigenvalue weighted by atomic mass is 79.9. The summed E-state index contributed by atoms with van der Waals surface area (Å²) in [7, 11) is 1.86.